The molecule has 1 aromatic carbocycles. The van der Waals surface area contributed by atoms with Crippen molar-refractivity contribution in [2.45, 2.75) is 26.3 Å². The Hall–Kier alpha value is -0.310. The molecule has 0 aliphatic carbocycles. The van der Waals surface area contributed by atoms with Gasteiger partial charge >= 0.3 is 0 Å². The first-order chi connectivity index (χ1) is 8.17. The first kappa shape index (κ1) is 14.7. The van der Waals surface area contributed by atoms with E-state index in [0.29, 0.717) is 23.0 Å². The second-order valence-electron chi connectivity index (χ2n) is 4.05. The lowest BCUT2D eigenvalue weighted by molar-refractivity contribution is 0.273. The minimum atomic E-state index is -0.242. The van der Waals surface area contributed by atoms with Crippen LogP contribution in [0.25, 0.3) is 0 Å². The highest BCUT2D eigenvalue weighted by Crippen LogP contribution is 2.16. The molecular formula is C13H18Cl2FN. The normalized spacial score (nSPS) is 11.1. The van der Waals surface area contributed by atoms with Gasteiger partial charge in [-0.1, -0.05) is 31.0 Å². The summed E-state index contributed by atoms with van der Waals surface area (Å²) in [6.07, 6.45) is 2.23. The van der Waals surface area contributed by atoms with Crippen molar-refractivity contribution < 1.29 is 4.39 Å². The van der Waals surface area contributed by atoms with Gasteiger partial charge in [-0.05, 0) is 25.1 Å². The molecule has 0 saturated heterocycles. The van der Waals surface area contributed by atoms with Gasteiger partial charge in [0.05, 0.1) is 0 Å². The van der Waals surface area contributed by atoms with E-state index in [2.05, 4.69) is 11.8 Å². The van der Waals surface area contributed by atoms with Gasteiger partial charge in [0, 0.05) is 29.6 Å². The van der Waals surface area contributed by atoms with Crippen LogP contribution in [0.5, 0.6) is 0 Å². The number of halogens is 3. The molecule has 0 spiro atoms. The van der Waals surface area contributed by atoms with Crippen LogP contribution in [0, 0.1) is 5.82 Å². The Bertz CT molecular complexity index is 344. The van der Waals surface area contributed by atoms with Crippen molar-refractivity contribution in [3.05, 3.63) is 34.6 Å². The van der Waals surface area contributed by atoms with Crippen molar-refractivity contribution in [2.75, 3.05) is 19.0 Å². The Morgan fingerprint density at radius 3 is 2.65 bits per heavy atom. The molecule has 1 rings (SSSR count). The molecule has 1 aromatic rings. The van der Waals surface area contributed by atoms with Gasteiger partial charge in [0.1, 0.15) is 5.82 Å². The fourth-order valence-corrected chi connectivity index (χ4v) is 2.06. The maximum absolute atomic E-state index is 13.6. The van der Waals surface area contributed by atoms with Crippen LogP contribution >= 0.6 is 23.2 Å². The van der Waals surface area contributed by atoms with Gasteiger partial charge in [-0.25, -0.2) is 4.39 Å². The summed E-state index contributed by atoms with van der Waals surface area (Å²) in [7, 11) is 0. The highest BCUT2D eigenvalue weighted by Gasteiger charge is 2.09. The Kier molecular flexibility index (Phi) is 6.86. The van der Waals surface area contributed by atoms with Crippen LogP contribution in [0.1, 0.15) is 25.3 Å². The molecule has 96 valence electrons. The molecule has 17 heavy (non-hydrogen) atoms. The van der Waals surface area contributed by atoms with Crippen LogP contribution in [0.2, 0.25) is 5.02 Å². The lowest BCUT2D eigenvalue weighted by Crippen LogP contribution is -2.26. The molecule has 0 N–H and O–H groups in total. The van der Waals surface area contributed by atoms with Crippen LogP contribution in [-0.4, -0.2) is 23.9 Å². The summed E-state index contributed by atoms with van der Waals surface area (Å²) in [6, 6.07) is 4.82. The summed E-state index contributed by atoms with van der Waals surface area (Å²) >= 11 is 11.5. The van der Waals surface area contributed by atoms with Crippen molar-refractivity contribution in [1.82, 2.24) is 4.90 Å². The van der Waals surface area contributed by atoms with Crippen molar-refractivity contribution in [3.8, 4) is 0 Å². The van der Waals surface area contributed by atoms with Gasteiger partial charge in [0.2, 0.25) is 0 Å². The van der Waals surface area contributed by atoms with E-state index < -0.39 is 0 Å². The fraction of sp³-hybridized carbons (Fsp3) is 0.538. The molecule has 0 bridgehead atoms. The molecule has 0 heterocycles. The molecule has 0 radical (unpaired) electrons. The standard InChI is InChI=1S/C13H18Cl2FN/c1-2-3-7-17(8-6-14)10-11-4-5-12(15)9-13(11)16/h4-5,9H,2-3,6-8,10H2,1H3. The van der Waals surface area contributed by atoms with Gasteiger partial charge in [0.25, 0.3) is 0 Å². The predicted molar refractivity (Wildman–Crippen MR) is 72.3 cm³/mol. The summed E-state index contributed by atoms with van der Waals surface area (Å²) in [5.41, 5.74) is 0.676. The highest BCUT2D eigenvalue weighted by molar-refractivity contribution is 6.30. The number of unbranched alkanes of at least 4 members (excludes halogenated alkanes) is 1. The second kappa shape index (κ2) is 7.91. The predicted octanol–water partition coefficient (Wildman–Crippen LogP) is 4.32. The lowest BCUT2D eigenvalue weighted by atomic mass is 10.2. The van der Waals surface area contributed by atoms with Crippen molar-refractivity contribution in [3.63, 3.8) is 0 Å². The third-order valence-corrected chi connectivity index (χ3v) is 3.04. The molecule has 0 aromatic heterocycles. The average Bonchev–Trinajstić information content (AvgIpc) is 2.29. The maximum Gasteiger partial charge on any atom is 0.129 e. The van der Waals surface area contributed by atoms with Crippen LogP contribution in [0.15, 0.2) is 18.2 Å². The number of benzene rings is 1. The minimum Gasteiger partial charge on any atom is -0.298 e. The van der Waals surface area contributed by atoms with Gasteiger partial charge in [-0.2, -0.15) is 0 Å². The zero-order chi connectivity index (χ0) is 12.7. The van der Waals surface area contributed by atoms with E-state index in [1.54, 1.807) is 12.1 Å². The van der Waals surface area contributed by atoms with E-state index in [4.69, 9.17) is 23.2 Å². The SMILES string of the molecule is CCCCN(CCCl)Cc1ccc(Cl)cc1F. The Morgan fingerprint density at radius 2 is 2.06 bits per heavy atom. The molecule has 0 fully saturated rings. The molecule has 0 aliphatic rings. The molecule has 4 heteroatoms. The number of hydrogen-bond acceptors (Lipinski definition) is 1. The van der Waals surface area contributed by atoms with E-state index in [0.717, 1.165) is 25.9 Å². The minimum absolute atomic E-state index is 0.242. The van der Waals surface area contributed by atoms with Crippen LogP contribution < -0.4 is 0 Å². The van der Waals surface area contributed by atoms with Crippen LogP contribution in [0.4, 0.5) is 4.39 Å². The van der Waals surface area contributed by atoms with E-state index in [9.17, 15) is 4.39 Å². The molecule has 0 atom stereocenters. The fourth-order valence-electron chi connectivity index (χ4n) is 1.66. The average molecular weight is 278 g/mol. The van der Waals surface area contributed by atoms with Crippen molar-refractivity contribution in [1.29, 1.82) is 0 Å². The van der Waals surface area contributed by atoms with Gasteiger partial charge in [0.15, 0.2) is 0 Å². The van der Waals surface area contributed by atoms with E-state index in [-0.39, 0.29) is 5.82 Å². The zero-order valence-corrected chi connectivity index (χ0v) is 11.6. The number of nitrogens with zero attached hydrogens (tertiary/aromatic N) is 1. The summed E-state index contributed by atoms with van der Waals surface area (Å²) in [5, 5.41) is 0.434. The van der Waals surface area contributed by atoms with Gasteiger partial charge in [-0.3, -0.25) is 4.90 Å². The highest BCUT2D eigenvalue weighted by atomic mass is 35.5. The van der Waals surface area contributed by atoms with Crippen molar-refractivity contribution >= 4 is 23.2 Å². The molecule has 0 unspecified atom stereocenters. The number of rotatable bonds is 7. The van der Waals surface area contributed by atoms with Gasteiger partial charge in [-0.15, -0.1) is 11.6 Å². The Labute approximate surface area is 113 Å². The third kappa shape index (κ3) is 5.24. The van der Waals surface area contributed by atoms with E-state index in [1.807, 2.05) is 0 Å². The smallest absolute Gasteiger partial charge is 0.129 e. The summed E-state index contributed by atoms with van der Waals surface area (Å²) in [5.74, 6) is 0.326. The first-order valence-corrected chi connectivity index (χ1v) is 6.81. The van der Waals surface area contributed by atoms with E-state index in [1.165, 1.54) is 6.07 Å². The van der Waals surface area contributed by atoms with Gasteiger partial charge < -0.3 is 0 Å². The first-order valence-electron chi connectivity index (χ1n) is 5.89. The Balaban J connectivity index is 2.64. The van der Waals surface area contributed by atoms with Crippen LogP contribution in [0.3, 0.4) is 0 Å². The quantitative estimate of drug-likeness (QED) is 0.671. The molecule has 0 aliphatic heterocycles. The molecule has 0 amide bonds. The molecular weight excluding hydrogens is 260 g/mol. The molecule has 0 saturated carbocycles. The second-order valence-corrected chi connectivity index (χ2v) is 4.87. The van der Waals surface area contributed by atoms with Crippen LogP contribution in [-0.2, 0) is 6.54 Å². The summed E-state index contributed by atoms with van der Waals surface area (Å²) in [4.78, 5) is 2.17. The lowest BCUT2D eigenvalue weighted by Gasteiger charge is -2.21. The third-order valence-electron chi connectivity index (χ3n) is 2.64. The number of alkyl halides is 1. The van der Waals surface area contributed by atoms with E-state index >= 15 is 0 Å². The maximum atomic E-state index is 13.6. The number of hydrogen-bond donors (Lipinski definition) is 0. The topological polar surface area (TPSA) is 3.24 Å². The largest absolute Gasteiger partial charge is 0.298 e. The zero-order valence-electron chi connectivity index (χ0n) is 10.1. The summed E-state index contributed by atoms with van der Waals surface area (Å²) in [6.45, 7) is 4.46. The monoisotopic (exact) mass is 277 g/mol. The van der Waals surface area contributed by atoms with Crippen molar-refractivity contribution in [2.24, 2.45) is 0 Å². The molecule has 1 nitrogen and oxygen atoms in total. The Morgan fingerprint density at radius 1 is 1.29 bits per heavy atom. The summed E-state index contributed by atoms with van der Waals surface area (Å²) < 4.78 is 13.6.